The summed E-state index contributed by atoms with van der Waals surface area (Å²) in [5.74, 6) is -0.220. The van der Waals surface area contributed by atoms with Crippen LogP contribution in [0.25, 0.3) is 10.9 Å². The number of carbonyl (C=O) groups excluding carboxylic acids is 1. The van der Waals surface area contributed by atoms with Crippen molar-refractivity contribution in [3.63, 3.8) is 0 Å². The van der Waals surface area contributed by atoms with Crippen molar-refractivity contribution in [3.8, 4) is 0 Å². The van der Waals surface area contributed by atoms with E-state index in [9.17, 15) is 9.59 Å². The van der Waals surface area contributed by atoms with Crippen LogP contribution in [0.4, 0.5) is 0 Å². The molecule has 6 nitrogen and oxygen atoms in total. The molecule has 2 aromatic heterocycles. The van der Waals surface area contributed by atoms with Gasteiger partial charge in [-0.15, -0.1) is 0 Å². The highest BCUT2D eigenvalue weighted by Gasteiger charge is 2.25. The fourth-order valence-electron chi connectivity index (χ4n) is 3.81. The second-order valence-electron chi connectivity index (χ2n) is 7.36. The molecule has 0 N–H and O–H groups in total. The molecule has 1 amide bonds. The van der Waals surface area contributed by atoms with Crippen molar-refractivity contribution < 1.29 is 4.79 Å². The normalized spacial score (nSPS) is 12.9. The van der Waals surface area contributed by atoms with E-state index >= 15 is 0 Å². The molecule has 0 radical (unpaired) electrons. The maximum absolute atomic E-state index is 13.3. The lowest BCUT2D eigenvalue weighted by Gasteiger charge is -2.26. The third kappa shape index (κ3) is 2.95. The molecular formula is C21H24N4O2. The summed E-state index contributed by atoms with van der Waals surface area (Å²) in [4.78, 5) is 28.1. The van der Waals surface area contributed by atoms with E-state index in [4.69, 9.17) is 0 Å². The topological polar surface area (TPSA) is 60.1 Å². The Balaban J connectivity index is 1.74. The van der Waals surface area contributed by atoms with Crippen molar-refractivity contribution in [1.82, 2.24) is 19.2 Å². The van der Waals surface area contributed by atoms with Gasteiger partial charge in [-0.05, 0) is 38.8 Å². The third-order valence-corrected chi connectivity index (χ3v) is 5.28. The van der Waals surface area contributed by atoms with E-state index in [1.807, 2.05) is 48.3 Å². The van der Waals surface area contributed by atoms with Crippen molar-refractivity contribution in [2.45, 2.75) is 52.9 Å². The van der Waals surface area contributed by atoms with Gasteiger partial charge in [0.2, 0.25) is 5.43 Å². The highest BCUT2D eigenvalue weighted by atomic mass is 16.2. The second kappa shape index (κ2) is 6.68. The van der Waals surface area contributed by atoms with Gasteiger partial charge >= 0.3 is 0 Å². The minimum absolute atomic E-state index is 0.0255. The average Bonchev–Trinajstić information content (AvgIpc) is 3.29. The number of amides is 1. The summed E-state index contributed by atoms with van der Waals surface area (Å²) in [6.45, 7) is 7.99. The van der Waals surface area contributed by atoms with Gasteiger partial charge in [0.1, 0.15) is 5.56 Å². The monoisotopic (exact) mass is 364 g/mol. The number of carbonyl (C=O) groups is 1. The summed E-state index contributed by atoms with van der Waals surface area (Å²) in [6.07, 6.45) is 6.37. The highest BCUT2D eigenvalue weighted by Crippen LogP contribution is 2.24. The van der Waals surface area contributed by atoms with Crippen molar-refractivity contribution in [1.29, 1.82) is 0 Å². The zero-order valence-corrected chi connectivity index (χ0v) is 16.0. The van der Waals surface area contributed by atoms with Crippen molar-refractivity contribution in [2.24, 2.45) is 0 Å². The summed E-state index contributed by atoms with van der Waals surface area (Å²) in [6, 6.07) is 5.76. The number of pyridine rings is 1. The minimum Gasteiger partial charge on any atom is -0.346 e. The number of aromatic nitrogens is 3. The van der Waals surface area contributed by atoms with E-state index in [1.165, 1.54) is 5.56 Å². The summed E-state index contributed by atoms with van der Waals surface area (Å²) in [7, 11) is 0. The number of hydrogen-bond acceptors (Lipinski definition) is 3. The van der Waals surface area contributed by atoms with Gasteiger partial charge < -0.3 is 9.47 Å². The molecule has 140 valence electrons. The van der Waals surface area contributed by atoms with Crippen molar-refractivity contribution >= 4 is 16.8 Å². The lowest BCUT2D eigenvalue weighted by Crippen LogP contribution is -2.39. The minimum atomic E-state index is -0.220. The molecule has 1 aliphatic rings. The maximum atomic E-state index is 13.3. The molecule has 1 aromatic carbocycles. The van der Waals surface area contributed by atoms with E-state index < -0.39 is 0 Å². The van der Waals surface area contributed by atoms with Crippen LogP contribution in [0.3, 0.4) is 0 Å². The Morgan fingerprint density at radius 2 is 2.11 bits per heavy atom. The number of aryl methyl sites for hydroxylation is 3. The first-order chi connectivity index (χ1) is 13.0. The van der Waals surface area contributed by atoms with E-state index in [-0.39, 0.29) is 22.9 Å². The molecule has 0 aliphatic carbocycles. The zero-order chi connectivity index (χ0) is 19.1. The van der Waals surface area contributed by atoms with Gasteiger partial charge in [0.05, 0.1) is 11.7 Å². The van der Waals surface area contributed by atoms with Crippen LogP contribution in [-0.2, 0) is 26.1 Å². The van der Waals surface area contributed by atoms with Crippen LogP contribution in [0.5, 0.6) is 0 Å². The number of nitrogens with zero attached hydrogens (tertiary/aromatic N) is 4. The number of para-hydroxylation sites is 1. The Kier molecular flexibility index (Phi) is 4.34. The molecule has 6 heteroatoms. The van der Waals surface area contributed by atoms with Crippen LogP contribution in [0.15, 0.2) is 41.6 Å². The quantitative estimate of drug-likeness (QED) is 0.699. The molecule has 4 rings (SSSR count). The molecule has 3 heterocycles. The predicted molar refractivity (Wildman–Crippen MR) is 105 cm³/mol. The first-order valence-electron chi connectivity index (χ1n) is 9.47. The van der Waals surface area contributed by atoms with Crippen LogP contribution < -0.4 is 5.43 Å². The molecule has 0 bridgehead atoms. The highest BCUT2D eigenvalue weighted by molar-refractivity contribution is 5.98. The Bertz CT molecular complexity index is 1080. The van der Waals surface area contributed by atoms with E-state index in [2.05, 4.69) is 11.2 Å². The van der Waals surface area contributed by atoms with Crippen molar-refractivity contribution in [2.75, 3.05) is 0 Å². The molecule has 0 saturated heterocycles. The van der Waals surface area contributed by atoms with Gasteiger partial charge in [0.15, 0.2) is 0 Å². The predicted octanol–water partition coefficient (Wildman–Crippen LogP) is 2.82. The van der Waals surface area contributed by atoms with E-state index in [1.54, 1.807) is 17.3 Å². The van der Waals surface area contributed by atoms with Crippen LogP contribution in [0, 0.1) is 0 Å². The van der Waals surface area contributed by atoms with Crippen LogP contribution in [-0.4, -0.2) is 31.2 Å². The first-order valence-corrected chi connectivity index (χ1v) is 9.47. The Morgan fingerprint density at radius 3 is 2.81 bits per heavy atom. The maximum Gasteiger partial charge on any atom is 0.259 e. The number of rotatable bonds is 5. The van der Waals surface area contributed by atoms with E-state index in [0.717, 1.165) is 30.6 Å². The molecule has 0 unspecified atom stereocenters. The Hall–Kier alpha value is -2.89. The molecule has 1 aliphatic heterocycles. The Morgan fingerprint density at radius 1 is 1.30 bits per heavy atom. The van der Waals surface area contributed by atoms with Crippen LogP contribution in [0.2, 0.25) is 0 Å². The van der Waals surface area contributed by atoms with Gasteiger partial charge in [0.25, 0.3) is 5.91 Å². The summed E-state index contributed by atoms with van der Waals surface area (Å²) in [5.41, 5.74) is 3.19. The molecular weight excluding hydrogens is 340 g/mol. The molecule has 3 aromatic rings. The van der Waals surface area contributed by atoms with Gasteiger partial charge in [-0.3, -0.25) is 14.3 Å². The van der Waals surface area contributed by atoms with Gasteiger partial charge in [-0.25, -0.2) is 0 Å². The largest absolute Gasteiger partial charge is 0.346 e. The summed E-state index contributed by atoms with van der Waals surface area (Å²) in [5, 5.41) is 4.92. The van der Waals surface area contributed by atoms with Gasteiger partial charge in [-0.1, -0.05) is 12.1 Å². The molecule has 0 saturated carbocycles. The number of hydrogen-bond donors (Lipinski definition) is 0. The van der Waals surface area contributed by atoms with Crippen LogP contribution in [0.1, 0.15) is 42.3 Å². The second-order valence-corrected chi connectivity index (χ2v) is 7.36. The zero-order valence-electron chi connectivity index (χ0n) is 16.0. The lowest BCUT2D eigenvalue weighted by atomic mass is 10.1. The summed E-state index contributed by atoms with van der Waals surface area (Å²) < 4.78 is 3.89. The van der Waals surface area contributed by atoms with Gasteiger partial charge in [-0.2, -0.15) is 5.10 Å². The number of benzene rings is 1. The SMILES string of the molecule is CCn1cc(CN(C(=O)c2cn3c4c(cccc4c2=O)CC3)C(C)C)cn1. The van der Waals surface area contributed by atoms with Gasteiger partial charge in [0, 0.05) is 49.0 Å². The summed E-state index contributed by atoms with van der Waals surface area (Å²) >= 11 is 0. The lowest BCUT2D eigenvalue weighted by molar-refractivity contribution is 0.0688. The Labute approximate surface area is 158 Å². The van der Waals surface area contributed by atoms with Crippen molar-refractivity contribution in [3.05, 3.63) is 63.7 Å². The smallest absolute Gasteiger partial charge is 0.259 e. The fourth-order valence-corrected chi connectivity index (χ4v) is 3.81. The molecule has 27 heavy (non-hydrogen) atoms. The molecule has 0 spiro atoms. The standard InChI is InChI=1S/C21H24N4O2/c1-4-24-11-15(10-22-24)12-25(14(2)3)21(27)18-13-23-9-8-16-6-5-7-17(19(16)23)20(18)26/h5-7,10-11,13-14H,4,8-9,12H2,1-3H3. The molecule has 0 atom stereocenters. The fraction of sp³-hybridized carbons (Fsp3) is 0.381. The molecule has 0 fully saturated rings. The third-order valence-electron chi connectivity index (χ3n) is 5.28. The first kappa shape index (κ1) is 17.5. The van der Waals surface area contributed by atoms with Crippen LogP contribution >= 0.6 is 0 Å². The average molecular weight is 364 g/mol. The van der Waals surface area contributed by atoms with E-state index in [0.29, 0.717) is 11.9 Å².